The molecular formula is C11H16N4O3. The van der Waals surface area contributed by atoms with Gasteiger partial charge in [-0.2, -0.15) is 0 Å². The molecule has 0 unspecified atom stereocenters. The molecule has 0 aliphatic carbocycles. The van der Waals surface area contributed by atoms with E-state index in [-0.39, 0.29) is 24.3 Å². The van der Waals surface area contributed by atoms with Crippen molar-refractivity contribution in [2.75, 3.05) is 32.0 Å². The Kier molecular flexibility index (Phi) is 3.61. The zero-order valence-corrected chi connectivity index (χ0v) is 10.4. The number of amides is 2. The number of anilines is 1. The van der Waals surface area contributed by atoms with E-state index in [1.807, 2.05) is 0 Å². The topological polar surface area (TPSA) is 87.5 Å². The molecule has 0 spiro atoms. The number of nitrogens with zero attached hydrogens (tertiary/aromatic N) is 2. The quantitative estimate of drug-likeness (QED) is 0.761. The second-order valence-corrected chi connectivity index (χ2v) is 4.42. The molecule has 18 heavy (non-hydrogen) atoms. The third-order valence-corrected chi connectivity index (χ3v) is 2.78. The van der Waals surface area contributed by atoms with Gasteiger partial charge in [-0.05, 0) is 6.92 Å². The van der Waals surface area contributed by atoms with Gasteiger partial charge in [0.15, 0.2) is 5.82 Å². The van der Waals surface area contributed by atoms with Crippen molar-refractivity contribution in [2.24, 2.45) is 5.92 Å². The standard InChI is InChI=1S/C11H16N4O3/c1-7-3-9(14-18-7)13-10(16)6-15(2)11(17)8-4-12-5-8/h3,8,12H,4-6H2,1-2H3,(H,13,14,16). The van der Waals surface area contributed by atoms with Crippen LogP contribution in [0.3, 0.4) is 0 Å². The molecule has 1 aliphatic heterocycles. The predicted octanol–water partition coefficient (Wildman–Crippen LogP) is -0.401. The normalized spacial score (nSPS) is 15.0. The van der Waals surface area contributed by atoms with Gasteiger partial charge in [-0.1, -0.05) is 5.16 Å². The van der Waals surface area contributed by atoms with Gasteiger partial charge in [0.1, 0.15) is 5.76 Å². The van der Waals surface area contributed by atoms with Crippen LogP contribution in [0.1, 0.15) is 5.76 Å². The summed E-state index contributed by atoms with van der Waals surface area (Å²) >= 11 is 0. The monoisotopic (exact) mass is 252 g/mol. The molecule has 7 heteroatoms. The fourth-order valence-electron chi connectivity index (χ4n) is 1.68. The molecule has 1 saturated heterocycles. The third kappa shape index (κ3) is 2.86. The Morgan fingerprint density at radius 1 is 1.61 bits per heavy atom. The summed E-state index contributed by atoms with van der Waals surface area (Å²) in [7, 11) is 1.62. The molecule has 0 aromatic carbocycles. The van der Waals surface area contributed by atoms with Crippen molar-refractivity contribution in [3.63, 3.8) is 0 Å². The summed E-state index contributed by atoms with van der Waals surface area (Å²) in [4.78, 5) is 24.9. The summed E-state index contributed by atoms with van der Waals surface area (Å²) in [5.41, 5.74) is 0. The number of hydrogen-bond donors (Lipinski definition) is 2. The van der Waals surface area contributed by atoms with Gasteiger partial charge >= 0.3 is 0 Å². The maximum atomic E-state index is 11.8. The predicted molar refractivity (Wildman–Crippen MR) is 63.9 cm³/mol. The van der Waals surface area contributed by atoms with Gasteiger partial charge in [-0.3, -0.25) is 9.59 Å². The first kappa shape index (κ1) is 12.6. The number of carbonyl (C=O) groups excluding carboxylic acids is 2. The summed E-state index contributed by atoms with van der Waals surface area (Å²) in [5.74, 6) is 0.683. The second-order valence-electron chi connectivity index (χ2n) is 4.42. The number of likely N-dealkylation sites (N-methyl/N-ethyl adjacent to an activating group) is 1. The molecule has 2 rings (SSSR count). The molecule has 1 aromatic rings. The van der Waals surface area contributed by atoms with Crippen LogP contribution >= 0.6 is 0 Å². The molecule has 1 aromatic heterocycles. The van der Waals surface area contributed by atoms with Crippen LogP contribution in [0.2, 0.25) is 0 Å². The zero-order chi connectivity index (χ0) is 13.1. The minimum atomic E-state index is -0.286. The van der Waals surface area contributed by atoms with Crippen LogP contribution in [-0.4, -0.2) is 48.6 Å². The van der Waals surface area contributed by atoms with Gasteiger partial charge in [0.2, 0.25) is 11.8 Å². The molecule has 7 nitrogen and oxygen atoms in total. The summed E-state index contributed by atoms with van der Waals surface area (Å²) in [5, 5.41) is 9.24. The lowest BCUT2D eigenvalue weighted by molar-refractivity contribution is -0.138. The van der Waals surface area contributed by atoms with Gasteiger partial charge in [-0.25, -0.2) is 0 Å². The van der Waals surface area contributed by atoms with Crippen LogP contribution < -0.4 is 10.6 Å². The number of hydrogen-bond acceptors (Lipinski definition) is 5. The number of aromatic nitrogens is 1. The average Bonchev–Trinajstić information content (AvgIpc) is 2.60. The highest BCUT2D eigenvalue weighted by Gasteiger charge is 2.28. The van der Waals surface area contributed by atoms with Gasteiger partial charge < -0.3 is 20.1 Å². The number of nitrogens with one attached hydrogen (secondary N) is 2. The minimum absolute atomic E-state index is 0.00269. The Labute approximate surface area is 104 Å². The number of aryl methyl sites for hydroxylation is 1. The molecule has 2 N–H and O–H groups in total. The molecule has 0 bridgehead atoms. The molecule has 1 aliphatic rings. The third-order valence-electron chi connectivity index (χ3n) is 2.78. The van der Waals surface area contributed by atoms with Crippen LogP contribution in [-0.2, 0) is 9.59 Å². The van der Waals surface area contributed by atoms with Crippen molar-refractivity contribution in [2.45, 2.75) is 6.92 Å². The Balaban J connectivity index is 1.81. The highest BCUT2D eigenvalue weighted by atomic mass is 16.5. The first-order valence-electron chi connectivity index (χ1n) is 5.75. The van der Waals surface area contributed by atoms with Crippen molar-refractivity contribution in [1.29, 1.82) is 0 Å². The largest absolute Gasteiger partial charge is 0.360 e. The lowest BCUT2D eigenvalue weighted by Crippen LogP contribution is -2.52. The lowest BCUT2D eigenvalue weighted by Gasteiger charge is -2.29. The molecule has 0 radical (unpaired) electrons. The van der Waals surface area contributed by atoms with Gasteiger partial charge in [0.05, 0.1) is 12.5 Å². The van der Waals surface area contributed by atoms with E-state index in [0.717, 1.165) is 0 Å². The van der Waals surface area contributed by atoms with E-state index in [1.54, 1.807) is 20.0 Å². The van der Waals surface area contributed by atoms with Crippen LogP contribution in [0.4, 0.5) is 5.82 Å². The summed E-state index contributed by atoms with van der Waals surface area (Å²) in [6.45, 7) is 3.13. The summed E-state index contributed by atoms with van der Waals surface area (Å²) in [6.07, 6.45) is 0. The van der Waals surface area contributed by atoms with E-state index < -0.39 is 0 Å². The van der Waals surface area contributed by atoms with E-state index in [2.05, 4.69) is 15.8 Å². The molecule has 1 fully saturated rings. The van der Waals surface area contributed by atoms with Crippen LogP contribution in [0, 0.1) is 12.8 Å². The van der Waals surface area contributed by atoms with Gasteiger partial charge in [-0.15, -0.1) is 0 Å². The average molecular weight is 252 g/mol. The van der Waals surface area contributed by atoms with Crippen LogP contribution in [0.15, 0.2) is 10.6 Å². The van der Waals surface area contributed by atoms with E-state index >= 15 is 0 Å². The Morgan fingerprint density at radius 3 is 2.83 bits per heavy atom. The molecule has 0 saturated carbocycles. The molecule has 2 amide bonds. The second kappa shape index (κ2) is 5.18. The fourth-order valence-corrected chi connectivity index (χ4v) is 1.68. The molecule has 2 heterocycles. The fraction of sp³-hybridized carbons (Fsp3) is 0.545. The maximum absolute atomic E-state index is 11.8. The highest BCUT2D eigenvalue weighted by molar-refractivity contribution is 5.94. The van der Waals surface area contributed by atoms with E-state index in [9.17, 15) is 9.59 Å². The van der Waals surface area contributed by atoms with Crippen molar-refractivity contribution in [1.82, 2.24) is 15.4 Å². The molecule has 98 valence electrons. The Bertz CT molecular complexity index is 453. The van der Waals surface area contributed by atoms with Crippen molar-refractivity contribution >= 4 is 17.6 Å². The molecular weight excluding hydrogens is 236 g/mol. The minimum Gasteiger partial charge on any atom is -0.360 e. The SMILES string of the molecule is Cc1cc(NC(=O)CN(C)C(=O)C2CNC2)no1. The first-order chi connectivity index (χ1) is 8.56. The Hall–Kier alpha value is -1.89. The van der Waals surface area contributed by atoms with Gasteiger partial charge in [0.25, 0.3) is 0 Å². The smallest absolute Gasteiger partial charge is 0.245 e. The van der Waals surface area contributed by atoms with Crippen LogP contribution in [0.25, 0.3) is 0 Å². The van der Waals surface area contributed by atoms with Crippen LogP contribution in [0.5, 0.6) is 0 Å². The van der Waals surface area contributed by atoms with Crippen molar-refractivity contribution < 1.29 is 14.1 Å². The van der Waals surface area contributed by atoms with Crippen molar-refractivity contribution in [3.05, 3.63) is 11.8 Å². The first-order valence-corrected chi connectivity index (χ1v) is 5.75. The van der Waals surface area contributed by atoms with E-state index in [1.165, 1.54) is 4.90 Å². The van der Waals surface area contributed by atoms with E-state index in [0.29, 0.717) is 24.7 Å². The van der Waals surface area contributed by atoms with E-state index in [4.69, 9.17) is 4.52 Å². The summed E-state index contributed by atoms with van der Waals surface area (Å²) < 4.78 is 4.83. The number of rotatable bonds is 4. The molecule has 0 atom stereocenters. The Morgan fingerprint density at radius 2 is 2.33 bits per heavy atom. The highest BCUT2D eigenvalue weighted by Crippen LogP contribution is 2.08. The number of carbonyl (C=O) groups is 2. The lowest BCUT2D eigenvalue weighted by atomic mass is 10.0. The summed E-state index contributed by atoms with van der Waals surface area (Å²) in [6, 6.07) is 1.62. The maximum Gasteiger partial charge on any atom is 0.245 e. The van der Waals surface area contributed by atoms with Crippen molar-refractivity contribution in [3.8, 4) is 0 Å². The van der Waals surface area contributed by atoms with Gasteiger partial charge in [0, 0.05) is 26.2 Å². The zero-order valence-electron chi connectivity index (χ0n) is 10.4.